The molecule has 0 aromatic rings. The summed E-state index contributed by atoms with van der Waals surface area (Å²) in [6, 6.07) is 1.39. The molecule has 1 fully saturated rings. The molecule has 0 aromatic carbocycles. The van der Waals surface area contributed by atoms with Gasteiger partial charge >= 0.3 is 0 Å². The normalized spacial score (nSPS) is 35.8. The highest BCUT2D eigenvalue weighted by Crippen LogP contribution is 2.38. The summed E-state index contributed by atoms with van der Waals surface area (Å²) in [5.41, 5.74) is 0. The number of hydrogen-bond acceptors (Lipinski definition) is 1. The van der Waals surface area contributed by atoms with Crippen LogP contribution < -0.4 is 0 Å². The van der Waals surface area contributed by atoms with Crippen LogP contribution in [0.1, 0.15) is 8.35 Å². The van der Waals surface area contributed by atoms with Crippen LogP contribution in [0, 0.1) is 0 Å². The molecule has 1 saturated heterocycles. The van der Waals surface area contributed by atoms with Gasteiger partial charge in [0, 0.05) is 15.1 Å². The van der Waals surface area contributed by atoms with Gasteiger partial charge < -0.3 is 4.43 Å². The van der Waals surface area contributed by atoms with Gasteiger partial charge in [0.2, 0.25) is 0 Å². The lowest BCUT2D eigenvalue weighted by molar-refractivity contribution is 0.235. The summed E-state index contributed by atoms with van der Waals surface area (Å²) in [5, 5.41) is 0. The molecule has 0 spiro atoms. The van der Waals surface area contributed by atoms with Gasteiger partial charge in [-0.3, -0.25) is 0 Å². The second kappa shape index (κ2) is 3.05. The van der Waals surface area contributed by atoms with E-state index in [1.807, 2.05) is 0 Å². The predicted octanol–water partition coefficient (Wildman–Crippen LogP) is 3.43. The van der Waals surface area contributed by atoms with E-state index < -0.39 is 22.5 Å². The first kappa shape index (κ1) is 11.7. The van der Waals surface area contributed by atoms with Crippen molar-refractivity contribution in [3.8, 4) is 0 Å². The van der Waals surface area contributed by atoms with Crippen LogP contribution >= 0.6 is 0 Å². The monoisotopic (exact) mass is 234 g/mol. The molecule has 1 heterocycles. The molecular formula is C9H26OSi3. The summed E-state index contributed by atoms with van der Waals surface area (Å²) in [6.45, 7) is 17.5. The lowest BCUT2D eigenvalue weighted by Crippen LogP contribution is -2.75. The third-order valence-corrected chi connectivity index (χ3v) is 45.1. The third-order valence-electron chi connectivity index (χ3n) is 4.49. The fourth-order valence-corrected chi connectivity index (χ4v) is 32.6. The largest absolute Gasteiger partial charge is 0.418 e. The van der Waals surface area contributed by atoms with E-state index in [0.29, 0.717) is 6.10 Å². The molecule has 1 aliphatic rings. The van der Waals surface area contributed by atoms with E-state index in [-0.39, 0.29) is 1.43 Å². The van der Waals surface area contributed by atoms with Crippen LogP contribution in [0.2, 0.25) is 45.3 Å². The first-order chi connectivity index (χ1) is 5.60. The van der Waals surface area contributed by atoms with Gasteiger partial charge in [0.1, 0.15) is 0 Å². The summed E-state index contributed by atoms with van der Waals surface area (Å²) in [6.07, 6.45) is 0.545. The highest BCUT2D eigenvalue weighted by Gasteiger charge is 2.57. The Morgan fingerprint density at radius 1 is 1.08 bits per heavy atom. The SMILES string of the molecule is CC1C[Si](C)(C)[Si](C)(C)[Si](C)(C)O1.[HH]. The molecule has 13 heavy (non-hydrogen) atoms. The molecule has 1 atom stereocenters. The molecule has 0 bridgehead atoms. The van der Waals surface area contributed by atoms with Gasteiger partial charge in [0.15, 0.2) is 7.83 Å². The maximum absolute atomic E-state index is 6.26. The van der Waals surface area contributed by atoms with Crippen LogP contribution in [0.4, 0.5) is 0 Å². The summed E-state index contributed by atoms with van der Waals surface area (Å²) in [4.78, 5) is 0. The zero-order valence-corrected chi connectivity index (χ0v) is 13.2. The zero-order chi connectivity index (χ0) is 10.5. The summed E-state index contributed by atoms with van der Waals surface area (Å²) in [7, 11) is -3.29. The quantitative estimate of drug-likeness (QED) is 0.584. The van der Waals surface area contributed by atoms with E-state index in [1.54, 1.807) is 0 Å². The van der Waals surface area contributed by atoms with Crippen LogP contribution in [0.5, 0.6) is 0 Å². The molecule has 1 nitrogen and oxygen atoms in total. The molecule has 0 amide bonds. The Bertz CT molecular complexity index is 196. The summed E-state index contributed by atoms with van der Waals surface area (Å²) < 4.78 is 6.26. The Kier molecular flexibility index (Phi) is 2.74. The fourth-order valence-electron chi connectivity index (χ4n) is 2.48. The van der Waals surface area contributed by atoms with E-state index >= 15 is 0 Å². The highest BCUT2D eigenvalue weighted by molar-refractivity contribution is 7.67. The second-order valence-corrected chi connectivity index (χ2v) is 33.5. The molecule has 1 rings (SSSR count). The smallest absolute Gasteiger partial charge is 0.171 e. The maximum atomic E-state index is 6.26. The zero-order valence-electron chi connectivity index (χ0n) is 10.2. The van der Waals surface area contributed by atoms with E-state index in [0.717, 1.165) is 0 Å². The van der Waals surface area contributed by atoms with Gasteiger partial charge in [-0.1, -0.05) is 26.2 Å². The van der Waals surface area contributed by atoms with Gasteiger partial charge in [-0.2, -0.15) is 0 Å². The molecule has 0 saturated carbocycles. The van der Waals surface area contributed by atoms with Crippen molar-refractivity contribution in [3.05, 3.63) is 0 Å². The number of hydrogen-bond donors (Lipinski definition) is 0. The third kappa shape index (κ3) is 1.73. The Labute approximate surface area is 87.1 Å². The minimum Gasteiger partial charge on any atom is -0.418 e. The molecule has 0 aliphatic carbocycles. The van der Waals surface area contributed by atoms with Crippen LogP contribution in [-0.4, -0.2) is 28.6 Å². The van der Waals surface area contributed by atoms with Crippen LogP contribution in [0.25, 0.3) is 0 Å². The van der Waals surface area contributed by atoms with E-state index in [1.165, 1.54) is 6.04 Å². The standard InChI is InChI=1S/C9H24OSi3.H2/c1-9-8-11(2,3)13(6,7)12(4,5)10-9;/h9H,8H2,1-7H3;1H. The fraction of sp³-hybridized carbons (Fsp3) is 1.00. The number of rotatable bonds is 0. The van der Waals surface area contributed by atoms with Crippen LogP contribution in [0.3, 0.4) is 0 Å². The average Bonchev–Trinajstić information content (AvgIpc) is 1.80. The van der Waals surface area contributed by atoms with Crippen molar-refractivity contribution in [1.29, 1.82) is 0 Å². The van der Waals surface area contributed by atoms with Crippen molar-refractivity contribution in [1.82, 2.24) is 0 Å². The Morgan fingerprint density at radius 3 is 1.92 bits per heavy atom. The molecule has 1 aliphatic heterocycles. The average molecular weight is 235 g/mol. The lowest BCUT2D eigenvalue weighted by Gasteiger charge is -2.54. The van der Waals surface area contributed by atoms with Crippen molar-refractivity contribution < 1.29 is 5.85 Å². The Morgan fingerprint density at radius 2 is 1.54 bits per heavy atom. The van der Waals surface area contributed by atoms with E-state index in [9.17, 15) is 0 Å². The van der Waals surface area contributed by atoms with Crippen molar-refractivity contribution >= 4 is 22.5 Å². The minimum absolute atomic E-state index is 0. The van der Waals surface area contributed by atoms with Crippen molar-refractivity contribution in [3.63, 3.8) is 0 Å². The first-order valence-corrected chi connectivity index (χ1v) is 16.4. The second-order valence-electron chi connectivity index (χ2n) is 6.15. The molecule has 4 heteroatoms. The Hall–Kier alpha value is 0.611. The minimum atomic E-state index is -1.32. The van der Waals surface area contributed by atoms with E-state index in [4.69, 9.17) is 4.43 Å². The van der Waals surface area contributed by atoms with Crippen molar-refractivity contribution in [2.45, 2.75) is 58.4 Å². The topological polar surface area (TPSA) is 9.23 Å². The molecule has 0 radical (unpaired) electrons. The van der Waals surface area contributed by atoms with Gasteiger partial charge in [-0.05, 0) is 26.1 Å². The maximum Gasteiger partial charge on any atom is 0.171 e. The first-order valence-electron chi connectivity index (χ1n) is 5.28. The molecule has 80 valence electrons. The lowest BCUT2D eigenvalue weighted by atomic mass is 10.5. The van der Waals surface area contributed by atoms with Gasteiger partial charge in [0.25, 0.3) is 0 Å². The molecule has 0 N–H and O–H groups in total. The summed E-state index contributed by atoms with van der Waals surface area (Å²) in [5.74, 6) is 0. The molecule has 1 unspecified atom stereocenters. The van der Waals surface area contributed by atoms with Gasteiger partial charge in [-0.25, -0.2) is 0 Å². The van der Waals surface area contributed by atoms with Crippen molar-refractivity contribution in [2.75, 3.05) is 0 Å². The Balaban J connectivity index is 0.00000169. The van der Waals surface area contributed by atoms with E-state index in [2.05, 4.69) is 46.2 Å². The van der Waals surface area contributed by atoms with Crippen LogP contribution in [-0.2, 0) is 4.43 Å². The van der Waals surface area contributed by atoms with Gasteiger partial charge in [-0.15, -0.1) is 0 Å². The van der Waals surface area contributed by atoms with Crippen molar-refractivity contribution in [2.24, 2.45) is 0 Å². The highest BCUT2D eigenvalue weighted by atomic mass is 29.6. The molecular weight excluding hydrogens is 208 g/mol. The predicted molar refractivity (Wildman–Crippen MR) is 69.9 cm³/mol. The summed E-state index contributed by atoms with van der Waals surface area (Å²) >= 11 is 0. The molecule has 0 aromatic heterocycles. The van der Waals surface area contributed by atoms with Gasteiger partial charge in [0.05, 0.1) is 7.11 Å². The van der Waals surface area contributed by atoms with Crippen LogP contribution in [0.15, 0.2) is 0 Å².